The molecule has 1 aromatic carbocycles. The Morgan fingerprint density at radius 2 is 2.13 bits per heavy atom. The lowest BCUT2D eigenvalue weighted by molar-refractivity contribution is 0.250. The number of rotatable bonds is 4. The molecule has 2 nitrogen and oxygen atoms in total. The van der Waals surface area contributed by atoms with E-state index in [0.717, 1.165) is 5.75 Å². The summed E-state index contributed by atoms with van der Waals surface area (Å²) in [6.45, 7) is 0.676. The minimum absolute atomic E-state index is 0.270. The van der Waals surface area contributed by atoms with Gasteiger partial charge in [-0.25, -0.2) is 0 Å². The maximum Gasteiger partial charge on any atom is 0.137 e. The largest absolute Gasteiger partial charge is 0.492 e. The summed E-state index contributed by atoms with van der Waals surface area (Å²) >= 11 is 4.31. The first-order valence-electron chi connectivity index (χ1n) is 5.02. The molecule has 0 aromatic heterocycles. The van der Waals surface area contributed by atoms with Crippen LogP contribution in [0, 0.1) is 16.7 Å². The summed E-state index contributed by atoms with van der Waals surface area (Å²) in [7, 11) is 0. The first kappa shape index (κ1) is 10.4. The van der Waals surface area contributed by atoms with Gasteiger partial charge in [-0.2, -0.15) is 17.9 Å². The fourth-order valence-electron chi connectivity index (χ4n) is 1.44. The second kappa shape index (κ2) is 4.16. The van der Waals surface area contributed by atoms with E-state index in [4.69, 9.17) is 10.00 Å². The summed E-state index contributed by atoms with van der Waals surface area (Å²) < 4.78 is 5.67. The molecule has 0 radical (unpaired) electrons. The summed E-state index contributed by atoms with van der Waals surface area (Å²) in [4.78, 5) is 0. The molecule has 78 valence electrons. The average Bonchev–Trinajstić information content (AvgIpc) is 3.07. The third-order valence-electron chi connectivity index (χ3n) is 2.83. The highest BCUT2D eigenvalue weighted by Crippen LogP contribution is 2.46. The van der Waals surface area contributed by atoms with Gasteiger partial charge >= 0.3 is 0 Å². The molecular formula is C12H13NOS. The number of nitrogens with zero attached hydrogens (tertiary/aromatic N) is 1. The van der Waals surface area contributed by atoms with Crippen molar-refractivity contribution in [2.45, 2.75) is 12.8 Å². The van der Waals surface area contributed by atoms with Crippen LogP contribution < -0.4 is 4.74 Å². The number of para-hydroxylation sites is 1. The summed E-state index contributed by atoms with van der Waals surface area (Å²) in [5, 5.41) is 8.88. The lowest BCUT2D eigenvalue weighted by atomic mass is 10.1. The maximum atomic E-state index is 8.88. The van der Waals surface area contributed by atoms with Crippen molar-refractivity contribution < 1.29 is 4.74 Å². The third-order valence-corrected chi connectivity index (χ3v) is 3.50. The van der Waals surface area contributed by atoms with Gasteiger partial charge in [-0.15, -0.1) is 0 Å². The van der Waals surface area contributed by atoms with Gasteiger partial charge in [-0.3, -0.25) is 0 Å². The SMILES string of the molecule is N#Cc1ccccc1OCC1(CS)CC1. The minimum Gasteiger partial charge on any atom is -0.492 e. The van der Waals surface area contributed by atoms with Crippen molar-refractivity contribution in [3.05, 3.63) is 29.8 Å². The van der Waals surface area contributed by atoms with Gasteiger partial charge in [0.1, 0.15) is 11.8 Å². The quantitative estimate of drug-likeness (QED) is 0.790. The molecule has 1 fully saturated rings. The van der Waals surface area contributed by atoms with Crippen LogP contribution in [0.25, 0.3) is 0 Å². The van der Waals surface area contributed by atoms with Crippen molar-refractivity contribution >= 4 is 12.6 Å². The molecule has 2 rings (SSSR count). The number of thiol groups is 1. The first-order valence-corrected chi connectivity index (χ1v) is 5.66. The van der Waals surface area contributed by atoms with Crippen LogP contribution in [-0.4, -0.2) is 12.4 Å². The van der Waals surface area contributed by atoms with E-state index in [1.165, 1.54) is 12.8 Å². The zero-order valence-electron chi connectivity index (χ0n) is 8.44. The van der Waals surface area contributed by atoms with Crippen LogP contribution in [0.4, 0.5) is 0 Å². The van der Waals surface area contributed by atoms with E-state index in [-0.39, 0.29) is 5.41 Å². The highest BCUT2D eigenvalue weighted by molar-refractivity contribution is 7.80. The standard InChI is InChI=1S/C12H13NOS/c13-7-10-3-1-2-4-11(10)14-8-12(9-15)5-6-12/h1-4,15H,5-6,8-9H2. The molecule has 0 bridgehead atoms. The fourth-order valence-corrected chi connectivity index (χ4v) is 1.85. The Morgan fingerprint density at radius 3 is 2.73 bits per heavy atom. The molecule has 0 saturated heterocycles. The van der Waals surface area contributed by atoms with Crippen LogP contribution in [0.3, 0.4) is 0 Å². The van der Waals surface area contributed by atoms with Crippen LogP contribution in [0.5, 0.6) is 5.75 Å². The normalized spacial score (nSPS) is 16.8. The van der Waals surface area contributed by atoms with E-state index in [0.29, 0.717) is 17.9 Å². The summed E-state index contributed by atoms with van der Waals surface area (Å²) in [5.74, 6) is 1.55. The van der Waals surface area contributed by atoms with E-state index in [1.807, 2.05) is 18.2 Å². The molecular weight excluding hydrogens is 206 g/mol. The van der Waals surface area contributed by atoms with Gasteiger partial charge in [0.25, 0.3) is 0 Å². The lowest BCUT2D eigenvalue weighted by Gasteiger charge is -2.14. The molecule has 0 atom stereocenters. The van der Waals surface area contributed by atoms with Gasteiger partial charge in [0.15, 0.2) is 0 Å². The molecule has 1 aromatic rings. The van der Waals surface area contributed by atoms with Crippen LogP contribution in [0.2, 0.25) is 0 Å². The first-order chi connectivity index (χ1) is 7.29. The zero-order chi connectivity index (χ0) is 10.7. The van der Waals surface area contributed by atoms with Crippen molar-refractivity contribution in [2.75, 3.05) is 12.4 Å². The van der Waals surface area contributed by atoms with E-state index in [9.17, 15) is 0 Å². The molecule has 0 spiro atoms. The van der Waals surface area contributed by atoms with Crippen molar-refractivity contribution in [1.82, 2.24) is 0 Å². The molecule has 0 unspecified atom stereocenters. The number of hydrogen-bond donors (Lipinski definition) is 1. The summed E-state index contributed by atoms with van der Waals surface area (Å²) in [5.41, 5.74) is 0.874. The second-order valence-electron chi connectivity index (χ2n) is 4.05. The Balaban J connectivity index is 2.02. The van der Waals surface area contributed by atoms with Gasteiger partial charge in [-0.05, 0) is 30.7 Å². The maximum absolute atomic E-state index is 8.88. The van der Waals surface area contributed by atoms with Crippen LogP contribution in [0.15, 0.2) is 24.3 Å². The second-order valence-corrected chi connectivity index (χ2v) is 4.37. The molecule has 15 heavy (non-hydrogen) atoms. The van der Waals surface area contributed by atoms with Crippen molar-refractivity contribution in [2.24, 2.45) is 5.41 Å². The molecule has 1 saturated carbocycles. The van der Waals surface area contributed by atoms with Crippen molar-refractivity contribution in [3.8, 4) is 11.8 Å². The zero-order valence-corrected chi connectivity index (χ0v) is 9.33. The van der Waals surface area contributed by atoms with E-state index in [1.54, 1.807) is 6.07 Å². The molecule has 0 aliphatic heterocycles. The predicted octanol–water partition coefficient (Wildman–Crippen LogP) is 2.65. The Labute approximate surface area is 95.3 Å². The van der Waals surface area contributed by atoms with Crippen molar-refractivity contribution in [1.29, 1.82) is 5.26 Å². The summed E-state index contributed by atoms with van der Waals surface area (Å²) in [6.07, 6.45) is 2.37. The fraction of sp³-hybridized carbons (Fsp3) is 0.417. The Kier molecular flexibility index (Phi) is 2.88. The van der Waals surface area contributed by atoms with E-state index in [2.05, 4.69) is 18.7 Å². The molecule has 0 amide bonds. The molecule has 0 heterocycles. The highest BCUT2D eigenvalue weighted by Gasteiger charge is 2.42. The van der Waals surface area contributed by atoms with E-state index < -0.39 is 0 Å². The Bertz CT molecular complexity index is 393. The number of hydrogen-bond acceptors (Lipinski definition) is 3. The molecule has 3 heteroatoms. The number of ether oxygens (including phenoxy) is 1. The number of benzene rings is 1. The smallest absolute Gasteiger partial charge is 0.137 e. The topological polar surface area (TPSA) is 33.0 Å². The lowest BCUT2D eigenvalue weighted by Crippen LogP contribution is -2.14. The van der Waals surface area contributed by atoms with Crippen LogP contribution in [0.1, 0.15) is 18.4 Å². The Hall–Kier alpha value is -1.14. The van der Waals surface area contributed by atoms with Gasteiger partial charge in [0.05, 0.1) is 12.2 Å². The molecule has 1 aliphatic rings. The van der Waals surface area contributed by atoms with Gasteiger partial charge in [0, 0.05) is 5.41 Å². The third kappa shape index (κ3) is 2.27. The van der Waals surface area contributed by atoms with Crippen LogP contribution in [-0.2, 0) is 0 Å². The summed E-state index contributed by atoms with van der Waals surface area (Å²) in [6, 6.07) is 9.47. The Morgan fingerprint density at radius 1 is 1.40 bits per heavy atom. The minimum atomic E-state index is 0.270. The predicted molar refractivity (Wildman–Crippen MR) is 62.2 cm³/mol. The average molecular weight is 219 g/mol. The van der Waals surface area contributed by atoms with Gasteiger partial charge < -0.3 is 4.74 Å². The van der Waals surface area contributed by atoms with E-state index >= 15 is 0 Å². The molecule has 1 aliphatic carbocycles. The monoisotopic (exact) mass is 219 g/mol. The van der Waals surface area contributed by atoms with Gasteiger partial charge in [-0.1, -0.05) is 12.1 Å². The number of nitriles is 1. The highest BCUT2D eigenvalue weighted by atomic mass is 32.1. The van der Waals surface area contributed by atoms with Gasteiger partial charge in [0.2, 0.25) is 0 Å². The molecule has 0 N–H and O–H groups in total. The van der Waals surface area contributed by atoms with Crippen molar-refractivity contribution in [3.63, 3.8) is 0 Å². The van der Waals surface area contributed by atoms with Crippen LogP contribution >= 0.6 is 12.6 Å².